The van der Waals surface area contributed by atoms with E-state index in [2.05, 4.69) is 15.4 Å². The number of rotatable bonds is 5. The number of carbonyl (C=O) groups is 2. The Morgan fingerprint density at radius 2 is 1.87 bits per heavy atom. The number of alkyl halides is 2. The van der Waals surface area contributed by atoms with E-state index in [0.29, 0.717) is 11.4 Å². The third kappa shape index (κ3) is 5.19. The molecule has 1 aliphatic rings. The summed E-state index contributed by atoms with van der Waals surface area (Å²) >= 11 is 6.46. The van der Waals surface area contributed by atoms with Crippen LogP contribution in [-0.4, -0.2) is 39.0 Å². The standard InChI is InChI=1S/C28H22ClF2N5O2/c29-24-16-20(36-14-5-13-34-36)9-10-22(24)27(38)35-15-11-28(30,31)23(21-7-1-2-8-25(21)35)17-26(37)33-18-19-6-3-4-12-32-19/h1-10,12-14,16-17H,11,15,18H2,(H,33,37)/b23-17-. The zero-order valence-corrected chi connectivity index (χ0v) is 20.8. The van der Waals surface area contributed by atoms with Gasteiger partial charge in [-0.25, -0.2) is 13.5 Å². The van der Waals surface area contributed by atoms with E-state index in [4.69, 9.17) is 11.6 Å². The van der Waals surface area contributed by atoms with Crippen LogP contribution in [-0.2, 0) is 11.3 Å². The molecule has 7 nitrogen and oxygen atoms in total. The molecule has 1 aliphatic heterocycles. The summed E-state index contributed by atoms with van der Waals surface area (Å²) in [5.74, 6) is -4.57. The molecule has 0 aliphatic carbocycles. The van der Waals surface area contributed by atoms with Gasteiger partial charge in [0.25, 0.3) is 11.8 Å². The summed E-state index contributed by atoms with van der Waals surface area (Å²) in [6.07, 6.45) is 5.17. The molecule has 0 fully saturated rings. The molecule has 10 heteroatoms. The molecule has 0 unspecified atom stereocenters. The van der Waals surface area contributed by atoms with Gasteiger partial charge in [-0.3, -0.25) is 14.6 Å². The first-order valence-corrected chi connectivity index (χ1v) is 12.2. The van der Waals surface area contributed by atoms with Gasteiger partial charge in [-0.2, -0.15) is 5.10 Å². The van der Waals surface area contributed by atoms with Crippen molar-refractivity contribution in [2.24, 2.45) is 0 Å². The number of halogens is 3. The first-order valence-electron chi connectivity index (χ1n) is 11.8. The van der Waals surface area contributed by atoms with Crippen molar-refractivity contribution >= 4 is 34.7 Å². The van der Waals surface area contributed by atoms with Crippen LogP contribution < -0.4 is 10.2 Å². The van der Waals surface area contributed by atoms with Crippen LogP contribution in [0.25, 0.3) is 11.3 Å². The summed E-state index contributed by atoms with van der Waals surface area (Å²) in [5, 5.41) is 6.92. The van der Waals surface area contributed by atoms with Gasteiger partial charge in [-0.05, 0) is 42.5 Å². The SMILES string of the molecule is O=C(/C=C1/c2ccccc2N(C(=O)c2ccc(-n3cccn3)cc2Cl)CCC1(F)F)NCc1ccccn1. The number of anilines is 1. The van der Waals surface area contributed by atoms with Crippen molar-refractivity contribution in [1.29, 1.82) is 0 Å². The summed E-state index contributed by atoms with van der Waals surface area (Å²) in [7, 11) is 0. The van der Waals surface area contributed by atoms with Gasteiger partial charge in [0.05, 0.1) is 34.2 Å². The van der Waals surface area contributed by atoms with E-state index in [1.165, 1.54) is 11.0 Å². The zero-order chi connectivity index (χ0) is 26.7. The summed E-state index contributed by atoms with van der Waals surface area (Å²) < 4.78 is 32.4. The van der Waals surface area contributed by atoms with Crippen LogP contribution in [0.1, 0.15) is 28.0 Å². The number of hydrogen-bond acceptors (Lipinski definition) is 4. The lowest BCUT2D eigenvalue weighted by atomic mass is 9.97. The number of nitrogens with one attached hydrogen (secondary N) is 1. The van der Waals surface area contributed by atoms with Gasteiger partial charge in [0, 0.05) is 48.8 Å². The van der Waals surface area contributed by atoms with Gasteiger partial charge in [0.1, 0.15) is 0 Å². The highest BCUT2D eigenvalue weighted by molar-refractivity contribution is 6.34. The number of para-hydroxylation sites is 1. The van der Waals surface area contributed by atoms with E-state index in [0.717, 1.165) is 6.08 Å². The average molecular weight is 534 g/mol. The van der Waals surface area contributed by atoms with Crippen LogP contribution in [0, 0.1) is 0 Å². The molecule has 192 valence electrons. The Bertz CT molecular complexity index is 1510. The van der Waals surface area contributed by atoms with Crippen LogP contribution >= 0.6 is 11.6 Å². The maximum atomic E-state index is 15.4. The Morgan fingerprint density at radius 3 is 2.61 bits per heavy atom. The molecule has 38 heavy (non-hydrogen) atoms. The van der Waals surface area contributed by atoms with E-state index in [9.17, 15) is 9.59 Å². The summed E-state index contributed by atoms with van der Waals surface area (Å²) in [5.41, 5.74) is 1.33. The van der Waals surface area contributed by atoms with Gasteiger partial charge in [0.2, 0.25) is 5.91 Å². The second kappa shape index (κ2) is 10.5. The predicted molar refractivity (Wildman–Crippen MR) is 140 cm³/mol. The number of fused-ring (bicyclic) bond motifs is 1. The molecule has 0 saturated heterocycles. The predicted octanol–water partition coefficient (Wildman–Crippen LogP) is 5.31. The van der Waals surface area contributed by atoms with Crippen molar-refractivity contribution in [1.82, 2.24) is 20.1 Å². The number of carbonyl (C=O) groups excluding carboxylic acids is 2. The number of aromatic nitrogens is 3. The van der Waals surface area contributed by atoms with Crippen LogP contribution in [0.3, 0.4) is 0 Å². The topological polar surface area (TPSA) is 80.1 Å². The minimum absolute atomic E-state index is 0.0916. The lowest BCUT2D eigenvalue weighted by Crippen LogP contribution is -2.33. The van der Waals surface area contributed by atoms with Crippen LogP contribution in [0.4, 0.5) is 14.5 Å². The van der Waals surface area contributed by atoms with Gasteiger partial charge >= 0.3 is 0 Å². The number of nitrogens with zero attached hydrogens (tertiary/aromatic N) is 4. The summed E-state index contributed by atoms with van der Waals surface area (Å²) in [4.78, 5) is 31.7. The van der Waals surface area contributed by atoms with Crippen LogP contribution in [0.5, 0.6) is 0 Å². The van der Waals surface area contributed by atoms with E-state index in [1.807, 2.05) is 0 Å². The molecule has 2 amide bonds. The third-order valence-corrected chi connectivity index (χ3v) is 6.48. The quantitative estimate of drug-likeness (QED) is 0.353. The molecule has 0 saturated carbocycles. The lowest BCUT2D eigenvalue weighted by Gasteiger charge is -2.23. The minimum atomic E-state index is -3.36. The number of allylic oxidation sites excluding steroid dienone is 1. The first kappa shape index (κ1) is 25.3. The number of amides is 2. The second-order valence-corrected chi connectivity index (χ2v) is 9.05. The highest BCUT2D eigenvalue weighted by Gasteiger charge is 2.41. The Kier molecular flexibility index (Phi) is 7.02. The molecular formula is C28H22ClF2N5O2. The molecule has 1 N–H and O–H groups in total. The molecule has 0 bridgehead atoms. The van der Waals surface area contributed by atoms with E-state index < -0.39 is 29.7 Å². The van der Waals surface area contributed by atoms with Gasteiger partial charge < -0.3 is 10.2 Å². The molecule has 5 rings (SSSR count). The van der Waals surface area contributed by atoms with Crippen molar-refractivity contribution in [3.63, 3.8) is 0 Å². The van der Waals surface area contributed by atoms with Gasteiger partial charge in [-0.15, -0.1) is 0 Å². The van der Waals surface area contributed by atoms with E-state index >= 15 is 8.78 Å². The Morgan fingerprint density at radius 1 is 1.05 bits per heavy atom. The smallest absolute Gasteiger partial charge is 0.275 e. The highest BCUT2D eigenvalue weighted by atomic mass is 35.5. The molecule has 3 heterocycles. The zero-order valence-electron chi connectivity index (χ0n) is 20.0. The van der Waals surface area contributed by atoms with Crippen molar-refractivity contribution in [2.75, 3.05) is 11.4 Å². The molecule has 0 spiro atoms. The maximum Gasteiger partial charge on any atom is 0.275 e. The monoisotopic (exact) mass is 533 g/mol. The molecule has 4 aromatic rings. The third-order valence-electron chi connectivity index (χ3n) is 6.17. The number of hydrogen-bond donors (Lipinski definition) is 1. The van der Waals surface area contributed by atoms with E-state index in [-0.39, 0.29) is 34.9 Å². The molecule has 0 atom stereocenters. The van der Waals surface area contributed by atoms with Crippen LogP contribution in [0.2, 0.25) is 5.02 Å². The Balaban J connectivity index is 1.46. The molecule has 2 aromatic carbocycles. The number of benzene rings is 2. The highest BCUT2D eigenvalue weighted by Crippen LogP contribution is 2.43. The van der Waals surface area contributed by atoms with Gasteiger partial charge in [0.15, 0.2) is 0 Å². The second-order valence-electron chi connectivity index (χ2n) is 8.64. The normalized spacial score (nSPS) is 15.6. The van der Waals surface area contributed by atoms with Crippen molar-refractivity contribution in [3.8, 4) is 5.69 Å². The number of pyridine rings is 1. The summed E-state index contributed by atoms with van der Waals surface area (Å²) in [6, 6.07) is 18.1. The fraction of sp³-hybridized carbons (Fsp3) is 0.143. The minimum Gasteiger partial charge on any atom is -0.347 e. The fourth-order valence-electron chi connectivity index (χ4n) is 4.28. The fourth-order valence-corrected chi connectivity index (χ4v) is 4.54. The van der Waals surface area contributed by atoms with Crippen molar-refractivity contribution < 1.29 is 18.4 Å². The first-order chi connectivity index (χ1) is 18.3. The summed E-state index contributed by atoms with van der Waals surface area (Å²) in [6.45, 7) is -0.179. The Hall–Kier alpha value is -4.37. The largest absolute Gasteiger partial charge is 0.347 e. The molecule has 0 radical (unpaired) electrons. The van der Waals surface area contributed by atoms with Crippen molar-refractivity contribution in [2.45, 2.75) is 18.9 Å². The van der Waals surface area contributed by atoms with Gasteiger partial charge in [-0.1, -0.05) is 35.9 Å². The van der Waals surface area contributed by atoms with Crippen LogP contribution in [0.15, 0.2) is 91.4 Å². The lowest BCUT2D eigenvalue weighted by molar-refractivity contribution is -0.116. The molecule has 2 aromatic heterocycles. The molecular weight excluding hydrogens is 512 g/mol. The van der Waals surface area contributed by atoms with E-state index in [1.54, 1.807) is 83.9 Å². The maximum absolute atomic E-state index is 15.4. The Labute approximate surface area is 222 Å². The average Bonchev–Trinajstić information content (AvgIpc) is 3.43. The van der Waals surface area contributed by atoms with Crippen molar-refractivity contribution in [3.05, 3.63) is 113 Å².